The fraction of sp³-hybridized carbons (Fsp3) is 0.857. The van der Waals surface area contributed by atoms with Crippen LogP contribution in [0.2, 0.25) is 0 Å². The minimum atomic E-state index is 0. The van der Waals surface area contributed by atoms with Crippen molar-refractivity contribution >= 4 is 58.3 Å². The minimum Gasteiger partial charge on any atom is -0.411 e. The Labute approximate surface area is 163 Å². The quantitative estimate of drug-likeness (QED) is 0.337. The molecule has 0 aromatic rings. The molecule has 128 valence electrons. The van der Waals surface area contributed by atoms with E-state index in [1.807, 2.05) is 0 Å². The summed E-state index contributed by atoms with van der Waals surface area (Å²) in [6.07, 6.45) is 4.49. The van der Waals surface area contributed by atoms with Gasteiger partial charge in [-0.1, -0.05) is 36.3 Å². The summed E-state index contributed by atoms with van der Waals surface area (Å²) in [5.41, 5.74) is 0. The zero-order chi connectivity index (χ0) is 16.0. The van der Waals surface area contributed by atoms with Gasteiger partial charge in [0, 0.05) is 26.2 Å². The van der Waals surface area contributed by atoms with Crippen LogP contribution in [-0.2, 0) is 41.7 Å². The molecule has 0 N–H and O–H groups in total. The Hall–Kier alpha value is 0.714. The molecule has 0 unspecified atom stereocenters. The maximum absolute atomic E-state index is 4.89. The van der Waals surface area contributed by atoms with Gasteiger partial charge < -0.3 is 59.5 Å². The molecule has 0 aliphatic rings. The average molecular weight is 411 g/mol. The first-order valence-corrected chi connectivity index (χ1v) is 8.99. The molecule has 0 atom stereocenters. The molecule has 0 aromatic carbocycles. The maximum atomic E-state index is 4.89. The number of hydrogen-bond donors (Lipinski definition) is 0. The zero-order valence-corrected chi connectivity index (χ0v) is 17.8. The smallest absolute Gasteiger partial charge is 0.411 e. The van der Waals surface area contributed by atoms with Gasteiger partial charge in [0.1, 0.15) is 0 Å². The molecule has 0 saturated heterocycles. The van der Waals surface area contributed by atoms with Gasteiger partial charge in [-0.3, -0.25) is 0 Å². The molecule has 0 aliphatic carbocycles. The molecule has 2 nitrogen and oxygen atoms in total. The Morgan fingerprint density at radius 3 is 0.952 bits per heavy atom. The van der Waals surface area contributed by atoms with Crippen LogP contribution in [0.1, 0.15) is 53.4 Å². The van der Waals surface area contributed by atoms with Gasteiger partial charge in [0.05, 0.1) is 0 Å². The van der Waals surface area contributed by atoms with Crippen molar-refractivity contribution in [3.63, 3.8) is 0 Å². The van der Waals surface area contributed by atoms with E-state index in [2.05, 4.69) is 37.5 Å². The number of rotatable bonds is 8. The van der Waals surface area contributed by atoms with Gasteiger partial charge in [-0.15, -0.1) is 0 Å². The van der Waals surface area contributed by atoms with Crippen LogP contribution < -0.4 is 0 Å². The molecule has 0 bridgehead atoms. The van der Waals surface area contributed by atoms with Crippen molar-refractivity contribution in [3.8, 4) is 0 Å². The van der Waals surface area contributed by atoms with Crippen molar-refractivity contribution < 1.29 is 16.5 Å². The van der Waals surface area contributed by atoms with Crippen LogP contribution in [0.5, 0.6) is 0 Å². The predicted molar refractivity (Wildman–Crippen MR) is 104 cm³/mol. The Morgan fingerprint density at radius 1 is 0.667 bits per heavy atom. The van der Waals surface area contributed by atoms with E-state index < -0.39 is 0 Å². The fourth-order valence-corrected chi connectivity index (χ4v) is 2.40. The summed E-state index contributed by atoms with van der Waals surface area (Å²) in [6, 6.07) is 0. The number of hydrogen-bond acceptors (Lipinski definition) is 4. The standard InChI is InChI=1S/2C7H15NS2.Ni/c2*1-3-5-8(6-4-2)7(9)10;/h2*3-6H2,1-2H3,(H,9,10);/q;;+2/p-2. The number of nitrogens with zero attached hydrogens (tertiary/aromatic N) is 2. The summed E-state index contributed by atoms with van der Waals surface area (Å²) in [4.78, 5) is 4.15. The third-order valence-electron chi connectivity index (χ3n) is 2.49. The van der Waals surface area contributed by atoms with Gasteiger partial charge in [-0.2, -0.15) is 0 Å². The van der Waals surface area contributed by atoms with E-state index in [-0.39, 0.29) is 16.5 Å². The van der Waals surface area contributed by atoms with E-state index in [0.29, 0.717) is 8.64 Å². The van der Waals surface area contributed by atoms with Crippen molar-refractivity contribution in [1.29, 1.82) is 0 Å². The van der Waals surface area contributed by atoms with Gasteiger partial charge in [0.25, 0.3) is 0 Å². The second kappa shape index (κ2) is 18.8. The Bertz CT molecular complexity index is 227. The maximum Gasteiger partial charge on any atom is 2.00 e. The van der Waals surface area contributed by atoms with E-state index in [1.165, 1.54) is 0 Å². The molecular formula is C14H28N2NiS4. The first-order valence-electron chi connectivity index (χ1n) is 7.36. The second-order valence-electron chi connectivity index (χ2n) is 4.51. The average Bonchev–Trinajstić information content (AvgIpc) is 2.38. The molecule has 0 heterocycles. The summed E-state index contributed by atoms with van der Waals surface area (Å²) in [5, 5.41) is 0. The largest absolute Gasteiger partial charge is 2.00 e. The van der Waals surface area contributed by atoms with Gasteiger partial charge >= 0.3 is 16.5 Å². The molecule has 0 saturated carbocycles. The van der Waals surface area contributed by atoms with Crippen LogP contribution in [0.4, 0.5) is 0 Å². The summed E-state index contributed by atoms with van der Waals surface area (Å²) >= 11 is 19.6. The zero-order valence-electron chi connectivity index (χ0n) is 13.5. The molecule has 0 rings (SSSR count). The van der Waals surface area contributed by atoms with Crippen molar-refractivity contribution in [3.05, 3.63) is 0 Å². The molecular weight excluding hydrogens is 383 g/mol. The normalized spacial score (nSPS) is 8.95. The third kappa shape index (κ3) is 16.9. The topological polar surface area (TPSA) is 6.48 Å². The van der Waals surface area contributed by atoms with E-state index in [0.717, 1.165) is 51.9 Å². The van der Waals surface area contributed by atoms with Crippen LogP contribution in [0.3, 0.4) is 0 Å². The second-order valence-corrected chi connectivity index (χ2v) is 6.57. The molecule has 21 heavy (non-hydrogen) atoms. The Kier molecular flexibility index (Phi) is 23.8. The van der Waals surface area contributed by atoms with Crippen molar-refractivity contribution in [2.24, 2.45) is 0 Å². The molecule has 0 amide bonds. The SMILES string of the molecule is CCCN(CCC)C(=S)[S-].CCCN(CCC)C(=S)[S-].[Ni+2]. The van der Waals surface area contributed by atoms with Crippen LogP contribution in [0.15, 0.2) is 0 Å². The van der Waals surface area contributed by atoms with E-state index >= 15 is 0 Å². The summed E-state index contributed by atoms with van der Waals surface area (Å²) in [7, 11) is 0. The summed E-state index contributed by atoms with van der Waals surface area (Å²) in [5.74, 6) is 0. The van der Waals surface area contributed by atoms with Crippen molar-refractivity contribution in [1.82, 2.24) is 9.80 Å². The van der Waals surface area contributed by atoms with Crippen LogP contribution in [0, 0.1) is 0 Å². The third-order valence-corrected chi connectivity index (χ3v) is 3.52. The van der Waals surface area contributed by atoms with Crippen LogP contribution >= 0.6 is 24.4 Å². The Morgan fingerprint density at radius 2 is 0.857 bits per heavy atom. The van der Waals surface area contributed by atoms with Crippen molar-refractivity contribution in [2.45, 2.75) is 53.4 Å². The molecule has 0 fully saturated rings. The summed E-state index contributed by atoms with van der Waals surface area (Å²) in [6.45, 7) is 12.6. The van der Waals surface area contributed by atoms with E-state index in [9.17, 15) is 0 Å². The number of thiocarbonyl (C=S) groups is 2. The Balaban J connectivity index is -0.000000295. The van der Waals surface area contributed by atoms with Gasteiger partial charge in [-0.05, 0) is 25.7 Å². The fourth-order valence-electron chi connectivity index (χ4n) is 1.67. The monoisotopic (exact) mass is 410 g/mol. The molecule has 7 heteroatoms. The molecule has 0 radical (unpaired) electrons. The molecule has 0 spiro atoms. The molecule has 0 aromatic heterocycles. The van der Waals surface area contributed by atoms with Crippen LogP contribution in [0.25, 0.3) is 0 Å². The van der Waals surface area contributed by atoms with Gasteiger partial charge in [-0.25, -0.2) is 0 Å². The summed E-state index contributed by atoms with van der Waals surface area (Å²) < 4.78 is 1.23. The first kappa shape index (κ1) is 26.6. The van der Waals surface area contributed by atoms with E-state index in [4.69, 9.17) is 49.7 Å². The minimum absolute atomic E-state index is 0. The predicted octanol–water partition coefficient (Wildman–Crippen LogP) is 3.88. The molecule has 0 aliphatic heterocycles. The van der Waals surface area contributed by atoms with Crippen LogP contribution in [-0.4, -0.2) is 44.6 Å². The first-order chi connectivity index (χ1) is 9.44. The van der Waals surface area contributed by atoms with Gasteiger partial charge in [0.15, 0.2) is 0 Å². The van der Waals surface area contributed by atoms with E-state index in [1.54, 1.807) is 0 Å². The van der Waals surface area contributed by atoms with Crippen molar-refractivity contribution in [2.75, 3.05) is 26.2 Å². The van der Waals surface area contributed by atoms with Gasteiger partial charge in [0.2, 0.25) is 0 Å².